The number of ether oxygens (including phenoxy) is 1. The first-order valence-electron chi connectivity index (χ1n) is 5.91. The minimum absolute atomic E-state index is 0.476. The highest BCUT2D eigenvalue weighted by atomic mass is 16.5. The molecule has 19 heavy (non-hydrogen) atoms. The monoisotopic (exact) mass is 251 g/mol. The molecule has 0 atom stereocenters. The Morgan fingerprint density at radius 2 is 1.68 bits per heavy atom. The highest BCUT2D eigenvalue weighted by Gasteiger charge is 2.08. The second kappa shape index (κ2) is 4.49. The number of rotatable bonds is 2. The summed E-state index contributed by atoms with van der Waals surface area (Å²) < 4.78 is 5.83. The molecule has 0 fully saturated rings. The largest absolute Gasteiger partial charge is 0.455 e. The summed E-state index contributed by atoms with van der Waals surface area (Å²) in [5, 5.41) is 0.799. The maximum Gasteiger partial charge on any atom is 0.153 e. The summed E-state index contributed by atoms with van der Waals surface area (Å²) in [7, 11) is 0. The Morgan fingerprint density at radius 1 is 0.895 bits per heavy atom. The standard InChI is InChI=1S/C15H13N3O/c16-12-9-18-15-11(14(12)17)7-4-8-13(15)19-10-5-2-1-3-6-10/h1-9H,16H2,(H2,17,18). The first kappa shape index (κ1) is 11.3. The van der Waals surface area contributed by atoms with Gasteiger partial charge in [-0.15, -0.1) is 0 Å². The molecule has 0 bridgehead atoms. The predicted molar refractivity (Wildman–Crippen MR) is 77.1 cm³/mol. The average Bonchev–Trinajstić information content (AvgIpc) is 2.45. The van der Waals surface area contributed by atoms with Gasteiger partial charge in [0.1, 0.15) is 11.3 Å². The van der Waals surface area contributed by atoms with Crippen molar-refractivity contribution in [3.05, 3.63) is 54.7 Å². The van der Waals surface area contributed by atoms with Crippen molar-refractivity contribution in [2.75, 3.05) is 11.5 Å². The molecule has 4 nitrogen and oxygen atoms in total. The van der Waals surface area contributed by atoms with Crippen LogP contribution in [0.4, 0.5) is 11.4 Å². The lowest BCUT2D eigenvalue weighted by Gasteiger charge is -2.10. The lowest BCUT2D eigenvalue weighted by atomic mass is 10.1. The van der Waals surface area contributed by atoms with Crippen LogP contribution in [0.2, 0.25) is 0 Å². The number of pyridine rings is 1. The van der Waals surface area contributed by atoms with Gasteiger partial charge in [-0.25, -0.2) is 0 Å². The van der Waals surface area contributed by atoms with E-state index in [0.717, 1.165) is 11.1 Å². The molecule has 0 saturated heterocycles. The molecule has 3 aromatic rings. The summed E-state index contributed by atoms with van der Waals surface area (Å²) in [6.45, 7) is 0. The highest BCUT2D eigenvalue weighted by molar-refractivity contribution is 5.98. The number of para-hydroxylation sites is 2. The zero-order valence-corrected chi connectivity index (χ0v) is 10.2. The summed E-state index contributed by atoms with van der Waals surface area (Å²) in [6, 6.07) is 15.2. The van der Waals surface area contributed by atoms with Crippen LogP contribution in [-0.4, -0.2) is 4.98 Å². The van der Waals surface area contributed by atoms with Gasteiger partial charge in [0, 0.05) is 5.39 Å². The maximum atomic E-state index is 5.96. The predicted octanol–water partition coefficient (Wildman–Crippen LogP) is 3.19. The Labute approximate surface area is 110 Å². The quantitative estimate of drug-likeness (QED) is 0.733. The van der Waals surface area contributed by atoms with Gasteiger partial charge in [-0.1, -0.05) is 30.3 Å². The molecular weight excluding hydrogens is 238 g/mol. The number of nitrogens with zero attached hydrogens (tertiary/aromatic N) is 1. The lowest BCUT2D eigenvalue weighted by molar-refractivity contribution is 0.487. The topological polar surface area (TPSA) is 74.2 Å². The minimum Gasteiger partial charge on any atom is -0.455 e. The number of hydrogen-bond donors (Lipinski definition) is 2. The summed E-state index contributed by atoms with van der Waals surface area (Å²) in [4.78, 5) is 4.31. The van der Waals surface area contributed by atoms with Gasteiger partial charge in [-0.3, -0.25) is 4.98 Å². The second-order valence-electron chi connectivity index (χ2n) is 4.19. The first-order valence-corrected chi connectivity index (χ1v) is 5.91. The Hall–Kier alpha value is -2.75. The number of nitrogens with two attached hydrogens (primary N) is 2. The van der Waals surface area contributed by atoms with Crippen LogP contribution in [-0.2, 0) is 0 Å². The Balaban J connectivity index is 2.12. The van der Waals surface area contributed by atoms with E-state index in [9.17, 15) is 0 Å². The highest BCUT2D eigenvalue weighted by Crippen LogP contribution is 2.32. The van der Waals surface area contributed by atoms with Gasteiger partial charge < -0.3 is 16.2 Å². The van der Waals surface area contributed by atoms with Crippen LogP contribution >= 0.6 is 0 Å². The number of nitrogen functional groups attached to an aromatic ring is 2. The van der Waals surface area contributed by atoms with Crippen molar-refractivity contribution in [2.45, 2.75) is 0 Å². The number of aromatic nitrogens is 1. The van der Waals surface area contributed by atoms with Gasteiger partial charge in [0.15, 0.2) is 5.75 Å². The van der Waals surface area contributed by atoms with Crippen LogP contribution < -0.4 is 16.2 Å². The molecule has 0 aliphatic heterocycles. The van der Waals surface area contributed by atoms with E-state index in [0.29, 0.717) is 22.6 Å². The maximum absolute atomic E-state index is 5.96. The van der Waals surface area contributed by atoms with Crippen molar-refractivity contribution in [3.63, 3.8) is 0 Å². The van der Waals surface area contributed by atoms with Crippen LogP contribution in [0, 0.1) is 0 Å². The Bertz CT molecular complexity index is 726. The first-order chi connectivity index (χ1) is 9.25. The third-order valence-electron chi connectivity index (χ3n) is 2.90. The van der Waals surface area contributed by atoms with E-state index in [1.807, 2.05) is 48.5 Å². The zero-order chi connectivity index (χ0) is 13.2. The molecule has 0 amide bonds. The molecular formula is C15H13N3O. The molecule has 4 heteroatoms. The SMILES string of the molecule is Nc1cnc2c(Oc3ccccc3)cccc2c1N. The van der Waals surface area contributed by atoms with Gasteiger partial charge in [0.25, 0.3) is 0 Å². The number of hydrogen-bond acceptors (Lipinski definition) is 4. The molecule has 0 unspecified atom stereocenters. The van der Waals surface area contributed by atoms with Gasteiger partial charge in [-0.05, 0) is 18.2 Å². The summed E-state index contributed by atoms with van der Waals surface area (Å²) >= 11 is 0. The molecule has 4 N–H and O–H groups in total. The smallest absolute Gasteiger partial charge is 0.153 e. The molecule has 0 aliphatic rings. The average molecular weight is 251 g/mol. The van der Waals surface area contributed by atoms with Crippen molar-refractivity contribution >= 4 is 22.3 Å². The fourth-order valence-electron chi connectivity index (χ4n) is 1.93. The lowest BCUT2D eigenvalue weighted by Crippen LogP contribution is -1.98. The van der Waals surface area contributed by atoms with E-state index in [-0.39, 0.29) is 0 Å². The molecule has 0 radical (unpaired) electrons. The van der Waals surface area contributed by atoms with E-state index in [1.165, 1.54) is 0 Å². The van der Waals surface area contributed by atoms with Crippen LogP contribution in [0.5, 0.6) is 11.5 Å². The molecule has 1 heterocycles. The third-order valence-corrected chi connectivity index (χ3v) is 2.90. The molecule has 0 saturated carbocycles. The van der Waals surface area contributed by atoms with Gasteiger partial charge in [-0.2, -0.15) is 0 Å². The molecule has 94 valence electrons. The van der Waals surface area contributed by atoms with Crippen molar-refractivity contribution in [3.8, 4) is 11.5 Å². The number of benzene rings is 2. The van der Waals surface area contributed by atoms with E-state index >= 15 is 0 Å². The van der Waals surface area contributed by atoms with Crippen LogP contribution in [0.1, 0.15) is 0 Å². The van der Waals surface area contributed by atoms with E-state index in [1.54, 1.807) is 6.20 Å². The molecule has 0 aliphatic carbocycles. The summed E-state index contributed by atoms with van der Waals surface area (Å²) in [5.74, 6) is 1.42. The van der Waals surface area contributed by atoms with Crippen LogP contribution in [0.15, 0.2) is 54.7 Å². The van der Waals surface area contributed by atoms with Crippen molar-refractivity contribution < 1.29 is 4.74 Å². The van der Waals surface area contributed by atoms with E-state index in [2.05, 4.69) is 4.98 Å². The van der Waals surface area contributed by atoms with Gasteiger partial charge in [0.05, 0.1) is 17.6 Å². The van der Waals surface area contributed by atoms with E-state index in [4.69, 9.17) is 16.2 Å². The van der Waals surface area contributed by atoms with Crippen LogP contribution in [0.3, 0.4) is 0 Å². The fourth-order valence-corrected chi connectivity index (χ4v) is 1.93. The van der Waals surface area contributed by atoms with Crippen molar-refractivity contribution in [1.82, 2.24) is 4.98 Å². The minimum atomic E-state index is 0.476. The van der Waals surface area contributed by atoms with Gasteiger partial charge in [0.2, 0.25) is 0 Å². The third kappa shape index (κ3) is 2.04. The fraction of sp³-hybridized carbons (Fsp3) is 0. The van der Waals surface area contributed by atoms with Crippen molar-refractivity contribution in [1.29, 1.82) is 0 Å². The second-order valence-corrected chi connectivity index (χ2v) is 4.19. The Morgan fingerprint density at radius 3 is 2.47 bits per heavy atom. The summed E-state index contributed by atoms with van der Waals surface area (Å²) in [6.07, 6.45) is 1.55. The number of fused-ring (bicyclic) bond motifs is 1. The molecule has 3 rings (SSSR count). The summed E-state index contributed by atoms with van der Waals surface area (Å²) in [5.41, 5.74) is 13.4. The Kier molecular flexibility index (Phi) is 2.68. The molecule has 1 aromatic heterocycles. The van der Waals surface area contributed by atoms with Crippen LogP contribution in [0.25, 0.3) is 10.9 Å². The molecule has 2 aromatic carbocycles. The van der Waals surface area contributed by atoms with Gasteiger partial charge >= 0.3 is 0 Å². The van der Waals surface area contributed by atoms with E-state index < -0.39 is 0 Å². The normalized spacial score (nSPS) is 10.5. The molecule has 0 spiro atoms. The zero-order valence-electron chi connectivity index (χ0n) is 10.2. The van der Waals surface area contributed by atoms with Crippen molar-refractivity contribution in [2.24, 2.45) is 0 Å². The number of anilines is 2.